The van der Waals surface area contributed by atoms with Gasteiger partial charge in [-0.15, -0.1) is 4.48 Å². The first-order valence-corrected chi connectivity index (χ1v) is 4.23. The topological polar surface area (TPSA) is 108 Å². The van der Waals surface area contributed by atoms with Gasteiger partial charge in [0.2, 0.25) is 0 Å². The molecule has 0 unspecified atom stereocenters. The van der Waals surface area contributed by atoms with Crippen molar-refractivity contribution in [3.05, 3.63) is 24.3 Å². The second-order valence-electron chi connectivity index (χ2n) is 2.56. The molecule has 0 amide bonds. The van der Waals surface area contributed by atoms with Gasteiger partial charge in [0, 0.05) is 6.07 Å². The van der Waals surface area contributed by atoms with Crippen molar-refractivity contribution in [1.82, 2.24) is 5.65 Å². The van der Waals surface area contributed by atoms with Crippen molar-refractivity contribution in [2.24, 2.45) is 0 Å². The Balaban J connectivity index is 0.000000366. The molecule has 94 valence electrons. The third-order valence-corrected chi connectivity index (χ3v) is 1.44. The molecule has 17 heavy (non-hydrogen) atoms. The van der Waals surface area contributed by atoms with E-state index < -0.39 is 11.9 Å². The lowest BCUT2D eigenvalue weighted by Gasteiger charge is -2.03. The van der Waals surface area contributed by atoms with Crippen molar-refractivity contribution < 1.29 is 29.0 Å². The van der Waals surface area contributed by atoms with Crippen LogP contribution in [0, 0.1) is 0 Å². The number of aliphatic carboxylic acids is 2. The smallest absolute Gasteiger partial charge is 0.414 e. The average molecular weight is 246 g/mol. The van der Waals surface area contributed by atoms with Gasteiger partial charge >= 0.3 is 11.9 Å². The van der Waals surface area contributed by atoms with Crippen LogP contribution in [0.2, 0.25) is 0 Å². The standard InChI is InChI=1S/C7H9FN2O.C2H2O4/c1-11-7-4-2-3-6(5-7)9-10-8;3-1(4)2(5)6/h2-5,9-10H,1H3;(H,3,4)(H,5,6). The fourth-order valence-corrected chi connectivity index (χ4v) is 0.755. The van der Waals surface area contributed by atoms with Gasteiger partial charge in [0.05, 0.1) is 12.8 Å². The molecule has 0 aliphatic heterocycles. The summed E-state index contributed by atoms with van der Waals surface area (Å²) in [7, 11) is 1.56. The number of hydrazine groups is 1. The normalized spacial score (nSPS) is 8.59. The molecule has 1 rings (SSSR count). The van der Waals surface area contributed by atoms with Crippen LogP contribution in [-0.2, 0) is 9.59 Å². The molecule has 8 heteroatoms. The number of benzene rings is 1. The second-order valence-corrected chi connectivity index (χ2v) is 2.56. The van der Waals surface area contributed by atoms with Gasteiger partial charge < -0.3 is 14.9 Å². The lowest BCUT2D eigenvalue weighted by Crippen LogP contribution is -2.09. The molecule has 7 nitrogen and oxygen atoms in total. The third-order valence-electron chi connectivity index (χ3n) is 1.44. The van der Waals surface area contributed by atoms with Gasteiger partial charge in [-0.3, -0.25) is 5.43 Å². The van der Waals surface area contributed by atoms with Crippen LogP contribution < -0.4 is 15.8 Å². The highest BCUT2D eigenvalue weighted by atomic mass is 19.2. The molecule has 0 heterocycles. The number of anilines is 1. The van der Waals surface area contributed by atoms with Gasteiger partial charge in [-0.25, -0.2) is 9.59 Å². The number of halogens is 1. The first kappa shape index (κ1) is 14.7. The van der Waals surface area contributed by atoms with E-state index in [1.165, 1.54) is 5.65 Å². The molecule has 0 fully saturated rings. The molecule has 0 saturated heterocycles. The summed E-state index contributed by atoms with van der Waals surface area (Å²) in [6, 6.07) is 6.93. The maximum Gasteiger partial charge on any atom is 0.414 e. The van der Waals surface area contributed by atoms with Crippen molar-refractivity contribution >= 4 is 17.6 Å². The van der Waals surface area contributed by atoms with Crippen LogP contribution in [0.25, 0.3) is 0 Å². The lowest BCUT2D eigenvalue weighted by molar-refractivity contribution is -0.159. The molecule has 1 aromatic rings. The maximum absolute atomic E-state index is 11.5. The Morgan fingerprint density at radius 1 is 1.29 bits per heavy atom. The fraction of sp³-hybridized carbons (Fsp3) is 0.111. The average Bonchev–Trinajstić information content (AvgIpc) is 2.30. The van der Waals surface area contributed by atoms with Crippen LogP contribution in [0.3, 0.4) is 0 Å². The number of methoxy groups -OCH3 is 1. The van der Waals surface area contributed by atoms with Crippen molar-refractivity contribution in [2.45, 2.75) is 0 Å². The monoisotopic (exact) mass is 246 g/mol. The predicted molar refractivity (Wildman–Crippen MR) is 56.1 cm³/mol. The molecule has 0 aliphatic rings. The number of carboxylic acids is 2. The number of hydrogen-bond acceptors (Lipinski definition) is 5. The van der Waals surface area contributed by atoms with Crippen LogP contribution >= 0.6 is 0 Å². The maximum atomic E-state index is 11.5. The molecule has 0 aromatic heterocycles. The zero-order valence-electron chi connectivity index (χ0n) is 8.81. The molecule has 0 aliphatic carbocycles. The highest BCUT2D eigenvalue weighted by Crippen LogP contribution is 2.15. The first-order chi connectivity index (χ1) is 8.01. The fourth-order valence-electron chi connectivity index (χ4n) is 0.755. The van der Waals surface area contributed by atoms with E-state index in [0.717, 1.165) is 0 Å². The van der Waals surface area contributed by atoms with Gasteiger partial charge in [-0.2, -0.15) is 0 Å². The van der Waals surface area contributed by atoms with Gasteiger partial charge in [0.1, 0.15) is 5.75 Å². The van der Waals surface area contributed by atoms with Crippen molar-refractivity contribution in [3.63, 3.8) is 0 Å². The van der Waals surface area contributed by atoms with E-state index in [1.807, 2.05) is 0 Å². The zero-order chi connectivity index (χ0) is 13.3. The van der Waals surface area contributed by atoms with Crippen molar-refractivity contribution in [3.8, 4) is 5.75 Å². The second kappa shape index (κ2) is 7.88. The Hall–Kier alpha value is -2.35. The van der Waals surface area contributed by atoms with Crippen LogP contribution in [0.1, 0.15) is 0 Å². The van der Waals surface area contributed by atoms with E-state index in [9.17, 15) is 4.48 Å². The Labute approximate surface area is 95.7 Å². The number of rotatable bonds is 3. The minimum atomic E-state index is -1.82. The van der Waals surface area contributed by atoms with Gasteiger partial charge in [0.15, 0.2) is 0 Å². The number of carbonyl (C=O) groups is 2. The molecule has 0 atom stereocenters. The molecule has 1 aromatic carbocycles. The first-order valence-electron chi connectivity index (χ1n) is 4.23. The van der Waals surface area contributed by atoms with Crippen LogP contribution in [-0.4, -0.2) is 29.3 Å². The number of carboxylic acid groups (broad SMARTS) is 2. The summed E-state index contributed by atoms with van der Waals surface area (Å²) in [6.07, 6.45) is 0. The summed E-state index contributed by atoms with van der Waals surface area (Å²) in [5.41, 5.74) is 4.23. The van der Waals surface area contributed by atoms with Gasteiger partial charge in [-0.05, 0) is 12.1 Å². The number of ether oxygens (including phenoxy) is 1. The summed E-state index contributed by atoms with van der Waals surface area (Å²) in [5, 5.41) is 14.8. The summed E-state index contributed by atoms with van der Waals surface area (Å²) in [5.74, 6) is -2.96. The van der Waals surface area contributed by atoms with E-state index in [1.54, 1.807) is 31.4 Å². The Morgan fingerprint density at radius 3 is 2.29 bits per heavy atom. The highest BCUT2D eigenvalue weighted by Gasteiger charge is 2.04. The minimum Gasteiger partial charge on any atom is -0.497 e. The zero-order valence-corrected chi connectivity index (χ0v) is 8.81. The van der Waals surface area contributed by atoms with E-state index in [2.05, 4.69) is 5.43 Å². The van der Waals surface area contributed by atoms with Crippen molar-refractivity contribution in [2.75, 3.05) is 12.5 Å². The number of hydrogen-bond donors (Lipinski definition) is 4. The SMILES string of the molecule is COc1cccc(NNF)c1.O=C(O)C(=O)O. The molecule has 4 N–H and O–H groups in total. The number of nitrogens with one attached hydrogen (secondary N) is 2. The Bertz CT molecular complexity index is 373. The van der Waals surface area contributed by atoms with Crippen LogP contribution in [0.15, 0.2) is 24.3 Å². The summed E-state index contributed by atoms with van der Waals surface area (Å²) in [4.78, 5) is 18.2. The van der Waals surface area contributed by atoms with Crippen LogP contribution in [0.5, 0.6) is 5.75 Å². The van der Waals surface area contributed by atoms with Crippen molar-refractivity contribution in [1.29, 1.82) is 0 Å². The summed E-state index contributed by atoms with van der Waals surface area (Å²) >= 11 is 0. The van der Waals surface area contributed by atoms with E-state index >= 15 is 0 Å². The quantitative estimate of drug-likeness (QED) is 0.352. The molecule has 0 saturated carbocycles. The third kappa shape index (κ3) is 6.68. The van der Waals surface area contributed by atoms with Gasteiger partial charge in [0.25, 0.3) is 0 Å². The van der Waals surface area contributed by atoms with E-state index in [-0.39, 0.29) is 0 Å². The predicted octanol–water partition coefficient (Wildman–Crippen LogP) is 0.652. The summed E-state index contributed by atoms with van der Waals surface area (Å²) in [6.45, 7) is 0. The molecular weight excluding hydrogens is 235 g/mol. The largest absolute Gasteiger partial charge is 0.497 e. The Morgan fingerprint density at radius 2 is 1.88 bits per heavy atom. The Kier molecular flexibility index (Phi) is 6.79. The van der Waals surface area contributed by atoms with E-state index in [4.69, 9.17) is 24.5 Å². The molecular formula is C9H11FN2O5. The van der Waals surface area contributed by atoms with Crippen LogP contribution in [0.4, 0.5) is 10.2 Å². The molecule has 0 spiro atoms. The van der Waals surface area contributed by atoms with E-state index in [0.29, 0.717) is 11.4 Å². The lowest BCUT2D eigenvalue weighted by atomic mass is 10.3. The highest BCUT2D eigenvalue weighted by molar-refractivity contribution is 6.27. The molecule has 0 radical (unpaired) electrons. The molecule has 0 bridgehead atoms. The minimum absolute atomic E-state index is 0.617. The van der Waals surface area contributed by atoms with Gasteiger partial charge in [-0.1, -0.05) is 11.7 Å². The summed E-state index contributed by atoms with van der Waals surface area (Å²) < 4.78 is 16.4.